The van der Waals surface area contributed by atoms with Gasteiger partial charge in [-0.25, -0.2) is 0 Å². The highest BCUT2D eigenvalue weighted by Crippen LogP contribution is 2.16. The number of anilines is 1. The number of carbonyl (C=O) groups excluding carboxylic acids is 1. The second-order valence-electron chi connectivity index (χ2n) is 5.47. The first-order valence-electron chi connectivity index (χ1n) is 7.37. The maximum atomic E-state index is 12.7. The van der Waals surface area contributed by atoms with Crippen LogP contribution in [-0.2, 0) is 4.79 Å². The first-order valence-corrected chi connectivity index (χ1v) is 7.37. The standard InChI is InChI=1S/C19H22N2O/c1-15(21(2)3)18(14-16-10-6-4-7-11-16)19(22)20-17-12-8-5-9-13-17/h4-15H,1-3H3,(H,20,22). The van der Waals surface area contributed by atoms with Gasteiger partial charge in [0.2, 0.25) is 0 Å². The van der Waals surface area contributed by atoms with Gasteiger partial charge < -0.3 is 10.2 Å². The van der Waals surface area contributed by atoms with E-state index in [1.807, 2.05) is 92.7 Å². The molecule has 1 N–H and O–H groups in total. The van der Waals surface area contributed by atoms with Crippen molar-refractivity contribution in [2.24, 2.45) is 0 Å². The van der Waals surface area contributed by atoms with Crippen molar-refractivity contribution in [3.63, 3.8) is 0 Å². The van der Waals surface area contributed by atoms with Gasteiger partial charge in [-0.2, -0.15) is 0 Å². The minimum atomic E-state index is -0.0729. The summed E-state index contributed by atoms with van der Waals surface area (Å²) in [5, 5.41) is 2.96. The Kier molecular flexibility index (Phi) is 5.50. The SMILES string of the molecule is CC(C(=Cc1ccccc1)C(=O)Nc1ccccc1)N(C)C. The predicted molar refractivity (Wildman–Crippen MR) is 92.6 cm³/mol. The van der Waals surface area contributed by atoms with E-state index in [2.05, 4.69) is 5.32 Å². The average Bonchev–Trinajstić information content (AvgIpc) is 2.53. The Labute approximate surface area is 132 Å². The van der Waals surface area contributed by atoms with Gasteiger partial charge in [-0.15, -0.1) is 0 Å². The zero-order chi connectivity index (χ0) is 15.9. The second kappa shape index (κ2) is 7.57. The van der Waals surface area contributed by atoms with Crippen molar-refractivity contribution >= 4 is 17.7 Å². The van der Waals surface area contributed by atoms with Crippen LogP contribution in [0.2, 0.25) is 0 Å². The topological polar surface area (TPSA) is 32.3 Å². The summed E-state index contributed by atoms with van der Waals surface area (Å²) in [7, 11) is 3.94. The summed E-state index contributed by atoms with van der Waals surface area (Å²) in [6.07, 6.45) is 1.95. The third-order valence-electron chi connectivity index (χ3n) is 3.64. The van der Waals surface area contributed by atoms with E-state index >= 15 is 0 Å². The van der Waals surface area contributed by atoms with E-state index in [9.17, 15) is 4.79 Å². The van der Waals surface area contributed by atoms with Crippen LogP contribution >= 0.6 is 0 Å². The lowest BCUT2D eigenvalue weighted by molar-refractivity contribution is -0.113. The van der Waals surface area contributed by atoms with Crippen LogP contribution in [0.15, 0.2) is 66.2 Å². The van der Waals surface area contributed by atoms with Crippen molar-refractivity contribution < 1.29 is 4.79 Å². The quantitative estimate of drug-likeness (QED) is 0.854. The lowest BCUT2D eigenvalue weighted by Crippen LogP contribution is -2.32. The van der Waals surface area contributed by atoms with Gasteiger partial charge in [-0.3, -0.25) is 4.79 Å². The summed E-state index contributed by atoms with van der Waals surface area (Å²) in [5.41, 5.74) is 2.56. The highest BCUT2D eigenvalue weighted by Gasteiger charge is 2.19. The Balaban J connectivity index is 2.28. The van der Waals surface area contributed by atoms with E-state index in [1.165, 1.54) is 0 Å². The lowest BCUT2D eigenvalue weighted by atomic mass is 10.0. The van der Waals surface area contributed by atoms with Crippen LogP contribution in [0.1, 0.15) is 12.5 Å². The van der Waals surface area contributed by atoms with Crippen LogP contribution in [0.25, 0.3) is 6.08 Å². The number of benzene rings is 2. The normalized spacial score (nSPS) is 13.0. The van der Waals surface area contributed by atoms with Crippen LogP contribution in [0.5, 0.6) is 0 Å². The number of nitrogens with one attached hydrogen (secondary N) is 1. The van der Waals surface area contributed by atoms with Gasteiger partial charge in [0.15, 0.2) is 0 Å². The van der Waals surface area contributed by atoms with E-state index in [0.717, 1.165) is 16.8 Å². The van der Waals surface area contributed by atoms with Gasteiger partial charge in [0, 0.05) is 17.3 Å². The molecule has 2 rings (SSSR count). The van der Waals surface area contributed by atoms with Gasteiger partial charge in [-0.05, 0) is 44.8 Å². The molecule has 0 fully saturated rings. The molecule has 1 unspecified atom stereocenters. The Morgan fingerprint density at radius 3 is 2.09 bits per heavy atom. The highest BCUT2D eigenvalue weighted by atomic mass is 16.1. The zero-order valence-corrected chi connectivity index (χ0v) is 13.3. The largest absolute Gasteiger partial charge is 0.322 e. The van der Waals surface area contributed by atoms with Crippen LogP contribution in [0.4, 0.5) is 5.69 Å². The molecule has 0 heterocycles. The lowest BCUT2D eigenvalue weighted by Gasteiger charge is -2.22. The molecule has 0 aliphatic carbocycles. The third kappa shape index (κ3) is 4.30. The molecule has 2 aromatic rings. The maximum absolute atomic E-state index is 12.7. The van der Waals surface area contributed by atoms with Crippen molar-refractivity contribution in [3.8, 4) is 0 Å². The summed E-state index contributed by atoms with van der Waals surface area (Å²) in [6, 6.07) is 19.4. The van der Waals surface area contributed by atoms with Gasteiger partial charge in [0.1, 0.15) is 0 Å². The number of nitrogens with zero attached hydrogens (tertiary/aromatic N) is 1. The van der Waals surface area contributed by atoms with Crippen LogP contribution in [-0.4, -0.2) is 30.9 Å². The highest BCUT2D eigenvalue weighted by molar-refractivity contribution is 6.07. The molecule has 2 aromatic carbocycles. The fraction of sp³-hybridized carbons (Fsp3) is 0.211. The summed E-state index contributed by atoms with van der Waals surface area (Å²) < 4.78 is 0. The molecule has 3 heteroatoms. The van der Waals surface area contributed by atoms with Crippen molar-refractivity contribution in [3.05, 3.63) is 71.8 Å². The summed E-state index contributed by atoms with van der Waals surface area (Å²) in [4.78, 5) is 14.7. The van der Waals surface area contributed by atoms with Crippen molar-refractivity contribution in [1.29, 1.82) is 0 Å². The van der Waals surface area contributed by atoms with Crippen LogP contribution < -0.4 is 5.32 Å². The second-order valence-corrected chi connectivity index (χ2v) is 5.47. The minimum absolute atomic E-state index is 0.0175. The van der Waals surface area contributed by atoms with Crippen molar-refractivity contribution in [2.45, 2.75) is 13.0 Å². The Morgan fingerprint density at radius 2 is 1.55 bits per heavy atom. The number of likely N-dealkylation sites (N-methyl/N-ethyl adjacent to an activating group) is 1. The van der Waals surface area contributed by atoms with Gasteiger partial charge in [0.25, 0.3) is 5.91 Å². The van der Waals surface area contributed by atoms with Gasteiger partial charge in [0.05, 0.1) is 0 Å². The molecule has 0 aliphatic heterocycles. The summed E-state index contributed by atoms with van der Waals surface area (Å²) in [6.45, 7) is 2.03. The Morgan fingerprint density at radius 1 is 1.00 bits per heavy atom. The van der Waals surface area contributed by atoms with E-state index in [0.29, 0.717) is 0 Å². The minimum Gasteiger partial charge on any atom is -0.322 e. The fourth-order valence-electron chi connectivity index (χ4n) is 2.11. The van der Waals surface area contributed by atoms with Crippen LogP contribution in [0, 0.1) is 0 Å². The maximum Gasteiger partial charge on any atom is 0.253 e. The monoisotopic (exact) mass is 294 g/mol. The smallest absolute Gasteiger partial charge is 0.253 e. The van der Waals surface area contributed by atoms with Crippen molar-refractivity contribution in [2.75, 3.05) is 19.4 Å². The number of hydrogen-bond donors (Lipinski definition) is 1. The van der Waals surface area contributed by atoms with E-state index in [4.69, 9.17) is 0 Å². The number of para-hydroxylation sites is 1. The first-order chi connectivity index (χ1) is 10.6. The molecule has 0 aliphatic rings. The molecular weight excluding hydrogens is 272 g/mol. The zero-order valence-electron chi connectivity index (χ0n) is 13.3. The molecule has 0 aromatic heterocycles. The molecule has 0 spiro atoms. The first kappa shape index (κ1) is 16.0. The fourth-order valence-corrected chi connectivity index (χ4v) is 2.11. The molecule has 0 saturated carbocycles. The molecule has 1 amide bonds. The van der Waals surface area contributed by atoms with E-state index in [1.54, 1.807) is 0 Å². The van der Waals surface area contributed by atoms with Gasteiger partial charge >= 0.3 is 0 Å². The molecule has 0 radical (unpaired) electrons. The molecule has 3 nitrogen and oxygen atoms in total. The van der Waals surface area contributed by atoms with Crippen molar-refractivity contribution in [1.82, 2.24) is 4.90 Å². The Bertz CT molecular complexity index is 633. The number of amides is 1. The summed E-state index contributed by atoms with van der Waals surface area (Å²) >= 11 is 0. The summed E-state index contributed by atoms with van der Waals surface area (Å²) in [5.74, 6) is -0.0729. The number of hydrogen-bond acceptors (Lipinski definition) is 2. The number of carbonyl (C=O) groups is 1. The molecule has 0 bridgehead atoms. The predicted octanol–water partition coefficient (Wildman–Crippen LogP) is 3.66. The van der Waals surface area contributed by atoms with Gasteiger partial charge in [-0.1, -0.05) is 48.5 Å². The van der Waals surface area contributed by atoms with E-state index < -0.39 is 0 Å². The van der Waals surface area contributed by atoms with Crippen LogP contribution in [0.3, 0.4) is 0 Å². The van der Waals surface area contributed by atoms with E-state index in [-0.39, 0.29) is 11.9 Å². The number of rotatable bonds is 5. The molecular formula is C19H22N2O. The molecule has 1 atom stereocenters. The molecule has 0 saturated heterocycles. The third-order valence-corrected chi connectivity index (χ3v) is 3.64. The Hall–Kier alpha value is -2.39. The average molecular weight is 294 g/mol. The molecule has 114 valence electrons. The molecule has 22 heavy (non-hydrogen) atoms.